The number of aliphatic carboxylic acids is 1. The summed E-state index contributed by atoms with van der Waals surface area (Å²) in [6.07, 6.45) is 11.9. The molecule has 3 aliphatic heterocycles. The van der Waals surface area contributed by atoms with E-state index in [0.717, 1.165) is 31.5 Å². The highest BCUT2D eigenvalue weighted by atomic mass is 35.5. The van der Waals surface area contributed by atoms with Crippen molar-refractivity contribution in [1.29, 1.82) is 0 Å². The molecular weight excluding hydrogens is 557 g/mol. The summed E-state index contributed by atoms with van der Waals surface area (Å²) in [5, 5.41) is 15.6. The summed E-state index contributed by atoms with van der Waals surface area (Å²) in [4.78, 5) is 46.3. The Morgan fingerprint density at radius 1 is 1.15 bits per heavy atom. The second-order valence-electron chi connectivity index (χ2n) is 10.1. The number of carboxylic acid groups (broad SMARTS) is 1. The molecule has 5 rings (SSSR count). The van der Waals surface area contributed by atoms with Gasteiger partial charge in [0.1, 0.15) is 12.1 Å². The molecule has 4 aliphatic rings. The van der Waals surface area contributed by atoms with Crippen molar-refractivity contribution in [2.45, 2.75) is 38.0 Å². The number of hydrogen-bond acceptors (Lipinski definition) is 5. The summed E-state index contributed by atoms with van der Waals surface area (Å²) in [5.41, 5.74) is 1.45. The molecule has 3 N–H and O–H groups in total. The minimum Gasteiger partial charge on any atom is -0.480 e. The van der Waals surface area contributed by atoms with Crippen molar-refractivity contribution in [1.82, 2.24) is 20.4 Å². The van der Waals surface area contributed by atoms with Gasteiger partial charge in [0, 0.05) is 45.7 Å². The molecule has 2 unspecified atom stereocenters. The Morgan fingerprint density at radius 2 is 1.90 bits per heavy atom. The van der Waals surface area contributed by atoms with Crippen LogP contribution < -0.4 is 10.6 Å². The van der Waals surface area contributed by atoms with Gasteiger partial charge in [-0.3, -0.25) is 14.6 Å². The molecular formula is C28H31Cl2N5O5. The molecule has 3 heterocycles. The predicted molar refractivity (Wildman–Crippen MR) is 151 cm³/mol. The number of likely N-dealkylation sites (tertiary alicyclic amines) is 1. The zero-order valence-corrected chi connectivity index (χ0v) is 23.5. The SMILES string of the molecule is CN=C(NC[C@H](NC(=O)c1c(Cl)cc2c(c1Cl)CCN(C(=O)C1=CC3C=CC=CC3O1)C2)C(=O)O)N1CCCC1. The number of nitrogens with one attached hydrogen (secondary N) is 2. The van der Waals surface area contributed by atoms with Gasteiger partial charge in [-0.15, -0.1) is 0 Å². The van der Waals surface area contributed by atoms with Crippen LogP contribution in [0.4, 0.5) is 0 Å². The van der Waals surface area contributed by atoms with Crippen LogP contribution in [0.2, 0.25) is 10.0 Å². The Morgan fingerprint density at radius 3 is 2.60 bits per heavy atom. The highest BCUT2D eigenvalue weighted by molar-refractivity contribution is 6.40. The third-order valence-electron chi connectivity index (χ3n) is 7.55. The Labute approximate surface area is 242 Å². The maximum atomic E-state index is 13.2. The molecule has 12 heteroatoms. The first-order chi connectivity index (χ1) is 19.3. The summed E-state index contributed by atoms with van der Waals surface area (Å²) in [5.74, 6) is -1.15. The fraction of sp³-hybridized carbons (Fsp3) is 0.429. The van der Waals surface area contributed by atoms with E-state index < -0.39 is 17.9 Å². The smallest absolute Gasteiger partial charge is 0.328 e. The van der Waals surface area contributed by atoms with Crippen LogP contribution >= 0.6 is 23.2 Å². The van der Waals surface area contributed by atoms with Crippen LogP contribution in [0.3, 0.4) is 0 Å². The first-order valence-electron chi connectivity index (χ1n) is 13.3. The molecule has 0 saturated carbocycles. The molecule has 40 heavy (non-hydrogen) atoms. The molecule has 1 aromatic rings. The van der Waals surface area contributed by atoms with Crippen molar-refractivity contribution >= 4 is 46.9 Å². The second kappa shape index (κ2) is 11.9. The van der Waals surface area contributed by atoms with Crippen LogP contribution in [0, 0.1) is 5.92 Å². The Bertz CT molecular complexity index is 1330. The molecule has 0 spiro atoms. The minimum absolute atomic E-state index is 0.0153. The summed E-state index contributed by atoms with van der Waals surface area (Å²) in [6.45, 7) is 2.26. The molecule has 1 aliphatic carbocycles. The second-order valence-corrected chi connectivity index (χ2v) is 10.9. The quantitative estimate of drug-likeness (QED) is 0.345. The lowest BCUT2D eigenvalue weighted by molar-refractivity contribution is -0.139. The highest BCUT2D eigenvalue weighted by Crippen LogP contribution is 2.36. The molecule has 0 bridgehead atoms. The first kappa shape index (κ1) is 28.0. The van der Waals surface area contributed by atoms with Crippen LogP contribution in [-0.4, -0.2) is 84.0 Å². The van der Waals surface area contributed by atoms with Crippen LogP contribution in [0.1, 0.15) is 34.3 Å². The van der Waals surface area contributed by atoms with Crippen LogP contribution in [0.25, 0.3) is 0 Å². The summed E-state index contributed by atoms with van der Waals surface area (Å²) in [6, 6.07) is 0.381. The van der Waals surface area contributed by atoms with Crippen LogP contribution in [0.15, 0.2) is 47.2 Å². The summed E-state index contributed by atoms with van der Waals surface area (Å²) < 4.78 is 5.86. The number of carbonyl (C=O) groups is 3. The highest BCUT2D eigenvalue weighted by Gasteiger charge is 2.35. The Balaban J connectivity index is 1.26. The van der Waals surface area contributed by atoms with Gasteiger partial charge in [-0.2, -0.15) is 0 Å². The van der Waals surface area contributed by atoms with Crippen molar-refractivity contribution in [3.8, 4) is 0 Å². The Hall–Kier alpha value is -3.50. The molecule has 3 atom stereocenters. The minimum atomic E-state index is -1.24. The maximum Gasteiger partial charge on any atom is 0.328 e. The lowest BCUT2D eigenvalue weighted by atomic mass is 9.96. The zero-order chi connectivity index (χ0) is 28.4. The van der Waals surface area contributed by atoms with Crippen LogP contribution in [0.5, 0.6) is 0 Å². The lowest BCUT2D eigenvalue weighted by Crippen LogP contribution is -2.51. The van der Waals surface area contributed by atoms with Crippen molar-refractivity contribution in [2.75, 3.05) is 33.2 Å². The normalized spacial score (nSPS) is 22.3. The fourth-order valence-corrected chi connectivity index (χ4v) is 6.19. The first-order valence-corrected chi connectivity index (χ1v) is 14.0. The number of nitrogens with zero attached hydrogens (tertiary/aromatic N) is 3. The van der Waals surface area contributed by atoms with E-state index in [1.54, 1.807) is 18.0 Å². The Kier molecular flexibility index (Phi) is 8.37. The molecule has 212 valence electrons. The third kappa shape index (κ3) is 5.69. The zero-order valence-electron chi connectivity index (χ0n) is 22.0. The molecule has 0 radical (unpaired) electrons. The molecule has 1 saturated heterocycles. The van der Waals surface area contributed by atoms with Crippen molar-refractivity contribution in [3.63, 3.8) is 0 Å². The van der Waals surface area contributed by atoms with Gasteiger partial charge >= 0.3 is 5.97 Å². The molecule has 10 nitrogen and oxygen atoms in total. The number of rotatable bonds is 6. The van der Waals surface area contributed by atoms with E-state index in [-0.39, 0.29) is 46.6 Å². The van der Waals surface area contributed by atoms with Gasteiger partial charge in [-0.1, -0.05) is 41.4 Å². The predicted octanol–water partition coefficient (Wildman–Crippen LogP) is 2.76. The van der Waals surface area contributed by atoms with E-state index in [1.165, 1.54) is 0 Å². The fourth-order valence-electron chi connectivity index (χ4n) is 5.43. The van der Waals surface area contributed by atoms with E-state index in [0.29, 0.717) is 30.2 Å². The van der Waals surface area contributed by atoms with E-state index in [2.05, 4.69) is 15.6 Å². The molecule has 0 aromatic heterocycles. The number of carboxylic acids is 1. The monoisotopic (exact) mass is 587 g/mol. The van der Waals surface area contributed by atoms with Crippen LogP contribution in [-0.2, 0) is 27.3 Å². The average molecular weight is 588 g/mol. The number of hydrogen-bond donors (Lipinski definition) is 3. The van der Waals surface area contributed by atoms with Gasteiger partial charge in [0.25, 0.3) is 11.8 Å². The molecule has 1 aromatic carbocycles. The van der Waals surface area contributed by atoms with Gasteiger partial charge in [0.05, 0.1) is 15.6 Å². The van der Waals surface area contributed by atoms with E-state index in [4.69, 9.17) is 27.9 Å². The van der Waals surface area contributed by atoms with Gasteiger partial charge < -0.3 is 30.3 Å². The number of aliphatic imine (C=N–C) groups is 1. The number of amides is 2. The summed E-state index contributed by atoms with van der Waals surface area (Å²) >= 11 is 13.2. The number of halogens is 2. The standard InChI is InChI=1S/C28H31Cl2N5O5/c1-31-28(34-9-4-5-10-34)32-14-20(27(38)39)33-25(36)23-19(29)12-17-15-35(11-8-18(17)24(23)30)26(37)22-13-16-6-2-3-7-21(16)40-22/h2-3,6-7,12-13,16,20-21H,4-5,8-11,14-15H2,1H3,(H,31,32)(H,33,36)(H,38,39)/t16?,20-,21?/m0/s1. The number of ether oxygens (including phenoxy) is 1. The van der Waals surface area contributed by atoms with Crippen molar-refractivity contribution < 1.29 is 24.2 Å². The largest absolute Gasteiger partial charge is 0.480 e. The van der Waals surface area contributed by atoms with E-state index >= 15 is 0 Å². The van der Waals surface area contributed by atoms with Gasteiger partial charge in [0.15, 0.2) is 11.7 Å². The number of allylic oxidation sites excluding steroid dienone is 2. The van der Waals surface area contributed by atoms with Gasteiger partial charge in [0.2, 0.25) is 0 Å². The lowest BCUT2D eigenvalue weighted by Gasteiger charge is -2.30. The van der Waals surface area contributed by atoms with Crippen molar-refractivity contribution in [3.05, 3.63) is 68.9 Å². The van der Waals surface area contributed by atoms with E-state index in [9.17, 15) is 19.5 Å². The van der Waals surface area contributed by atoms with E-state index in [1.807, 2.05) is 35.3 Å². The number of fused-ring (bicyclic) bond motifs is 2. The van der Waals surface area contributed by atoms with Gasteiger partial charge in [-0.25, -0.2) is 4.79 Å². The average Bonchev–Trinajstić information content (AvgIpc) is 3.62. The number of guanidine groups is 1. The number of carbonyl (C=O) groups excluding carboxylic acids is 2. The molecule has 1 fully saturated rings. The topological polar surface area (TPSA) is 124 Å². The number of benzene rings is 1. The molecule has 2 amide bonds. The van der Waals surface area contributed by atoms with Crippen molar-refractivity contribution in [2.24, 2.45) is 10.9 Å². The van der Waals surface area contributed by atoms with Gasteiger partial charge in [-0.05, 0) is 48.6 Å². The summed E-state index contributed by atoms with van der Waals surface area (Å²) in [7, 11) is 1.63. The third-order valence-corrected chi connectivity index (χ3v) is 8.26. The maximum absolute atomic E-state index is 13.2.